The second kappa shape index (κ2) is 13.9. The Hall–Kier alpha value is -4.83. The lowest BCUT2D eigenvalue weighted by molar-refractivity contribution is -0.140. The second-order valence-corrected chi connectivity index (χ2v) is 11.8. The molecule has 9 nitrogen and oxygen atoms in total. The summed E-state index contributed by atoms with van der Waals surface area (Å²) in [6, 6.07) is 11.0. The van der Waals surface area contributed by atoms with Crippen molar-refractivity contribution in [2.75, 3.05) is 24.4 Å². The standard InChI is InChI=1S/C30H29F3N4O5S/c1-19-10-12-22(17-25(19)30(31,32)33)28(39)36-24-8-6-7-20(15-24)11-13-21-16-23(18-35-27(21)34)29(40)37-43(3,41)14-5-4-9-26(38)42-2/h6-8,10,12,14-18H,4-5,9H2,1-3H3,(H2,34,35)(H,36,39)(H,37,40,41). The van der Waals surface area contributed by atoms with E-state index in [4.69, 9.17) is 5.73 Å². The molecule has 1 atom stereocenters. The van der Waals surface area contributed by atoms with Gasteiger partial charge in [0.25, 0.3) is 11.8 Å². The van der Waals surface area contributed by atoms with Crippen molar-refractivity contribution in [3.8, 4) is 11.8 Å². The molecule has 2 aromatic carbocycles. The lowest BCUT2D eigenvalue weighted by atomic mass is 10.0. The first kappa shape index (κ1) is 32.7. The highest BCUT2D eigenvalue weighted by molar-refractivity contribution is 7.99. The summed E-state index contributed by atoms with van der Waals surface area (Å²) in [5.74, 6) is 3.93. The third-order valence-corrected chi connectivity index (χ3v) is 7.45. The van der Waals surface area contributed by atoms with Gasteiger partial charge in [0.05, 0.1) is 23.8 Å². The van der Waals surface area contributed by atoms with Crippen molar-refractivity contribution < 1.29 is 36.5 Å². The summed E-state index contributed by atoms with van der Waals surface area (Å²) in [5.41, 5.74) is 5.90. The first-order chi connectivity index (χ1) is 20.2. The molecule has 3 rings (SSSR count). The Bertz CT molecular complexity index is 1740. The first-order valence-electron chi connectivity index (χ1n) is 12.8. The number of hydrogen-bond donors (Lipinski definition) is 3. The number of aryl methyl sites for hydroxylation is 1. The Kier molecular flexibility index (Phi) is 10.6. The lowest BCUT2D eigenvalue weighted by Crippen LogP contribution is -2.31. The van der Waals surface area contributed by atoms with Crippen LogP contribution < -0.4 is 15.8 Å². The van der Waals surface area contributed by atoms with Crippen LogP contribution in [0.3, 0.4) is 0 Å². The number of esters is 1. The molecule has 0 aliphatic rings. The molecule has 1 heterocycles. The number of alkyl halides is 3. The maximum Gasteiger partial charge on any atom is 0.416 e. The molecule has 0 bridgehead atoms. The van der Waals surface area contributed by atoms with E-state index in [1.54, 1.807) is 18.2 Å². The molecule has 0 radical (unpaired) electrons. The maximum atomic E-state index is 13.2. The number of anilines is 2. The average Bonchev–Trinajstić information content (AvgIpc) is 2.94. The number of halogens is 3. The van der Waals surface area contributed by atoms with Crippen LogP contribution in [0.5, 0.6) is 0 Å². The highest BCUT2D eigenvalue weighted by Crippen LogP contribution is 2.32. The molecular formula is C30H29F3N4O5S. The fourth-order valence-corrected chi connectivity index (χ4v) is 4.91. The smallest absolute Gasteiger partial charge is 0.416 e. The van der Waals surface area contributed by atoms with Crippen LogP contribution in [0.15, 0.2) is 54.7 Å². The Morgan fingerprint density at radius 2 is 1.81 bits per heavy atom. The Balaban J connectivity index is 1.73. The van der Waals surface area contributed by atoms with Crippen molar-refractivity contribution in [3.63, 3.8) is 0 Å². The van der Waals surface area contributed by atoms with Gasteiger partial charge in [0.15, 0.2) is 0 Å². The van der Waals surface area contributed by atoms with E-state index < -0.39 is 33.3 Å². The van der Waals surface area contributed by atoms with Crippen LogP contribution >= 0.6 is 0 Å². The van der Waals surface area contributed by atoms with E-state index in [2.05, 4.69) is 31.6 Å². The quantitative estimate of drug-likeness (QED) is 0.148. The third-order valence-electron chi connectivity index (χ3n) is 5.99. The predicted octanol–water partition coefficient (Wildman–Crippen LogP) is 4.35. The van der Waals surface area contributed by atoms with Gasteiger partial charge in [-0.15, -0.1) is 0 Å². The summed E-state index contributed by atoms with van der Waals surface area (Å²) in [4.78, 5) is 40.6. The number of carbonyl (C=O) groups is 3. The Morgan fingerprint density at radius 3 is 2.51 bits per heavy atom. The van der Waals surface area contributed by atoms with Crippen molar-refractivity contribution in [2.24, 2.45) is 0 Å². The minimum absolute atomic E-state index is 0.00530. The number of nitrogens with zero attached hydrogens (tertiary/aromatic N) is 1. The molecule has 1 aromatic heterocycles. The Labute approximate surface area is 247 Å². The van der Waals surface area contributed by atoms with Crippen LogP contribution in [0.1, 0.15) is 62.2 Å². The van der Waals surface area contributed by atoms with Gasteiger partial charge in [0.2, 0.25) is 0 Å². The molecule has 226 valence electrons. The van der Waals surface area contributed by atoms with E-state index in [1.807, 2.05) is 0 Å². The molecule has 0 saturated heterocycles. The van der Waals surface area contributed by atoms with Crippen LogP contribution in [-0.4, -0.2) is 45.7 Å². The predicted molar refractivity (Wildman–Crippen MR) is 159 cm³/mol. The minimum atomic E-state index is -4.59. The van der Waals surface area contributed by atoms with Crippen molar-refractivity contribution in [1.82, 2.24) is 9.71 Å². The normalized spacial score (nSPS) is 12.2. The highest BCUT2D eigenvalue weighted by atomic mass is 32.2. The molecule has 2 amide bonds. The SMILES string of the molecule is COC(=O)CCCC=S(C)(=O)NC(=O)c1cnc(N)c(C#Cc2cccc(NC(=O)c3ccc(C)c(C(F)(F)F)c3)c2)c1. The number of ether oxygens (including phenoxy) is 1. The van der Waals surface area contributed by atoms with Crippen molar-refractivity contribution >= 4 is 44.4 Å². The van der Waals surface area contributed by atoms with E-state index in [0.717, 1.165) is 6.07 Å². The molecule has 0 spiro atoms. The Morgan fingerprint density at radius 1 is 1.07 bits per heavy atom. The number of amides is 2. The van der Waals surface area contributed by atoms with Gasteiger partial charge in [-0.3, -0.25) is 19.1 Å². The van der Waals surface area contributed by atoms with Gasteiger partial charge in [-0.2, -0.15) is 13.2 Å². The van der Waals surface area contributed by atoms with Crippen LogP contribution in [-0.2, 0) is 25.4 Å². The number of pyridine rings is 1. The zero-order valence-electron chi connectivity index (χ0n) is 23.5. The van der Waals surface area contributed by atoms with Gasteiger partial charge in [-0.05, 0) is 67.1 Å². The molecule has 43 heavy (non-hydrogen) atoms. The largest absolute Gasteiger partial charge is 0.469 e. The molecule has 13 heteroatoms. The number of aromatic nitrogens is 1. The number of benzene rings is 2. The number of nitrogens with two attached hydrogens (primary N) is 1. The average molecular weight is 615 g/mol. The minimum Gasteiger partial charge on any atom is -0.469 e. The fourth-order valence-electron chi connectivity index (χ4n) is 3.73. The number of rotatable bonds is 8. The van der Waals surface area contributed by atoms with Gasteiger partial charge < -0.3 is 15.8 Å². The molecule has 0 saturated carbocycles. The third kappa shape index (κ3) is 9.61. The number of unbranched alkanes of at least 4 members (excludes halogenated alkanes) is 1. The number of carbonyl (C=O) groups excluding carboxylic acids is 3. The summed E-state index contributed by atoms with van der Waals surface area (Å²) in [6.45, 7) is 1.31. The number of methoxy groups -OCH3 is 1. The summed E-state index contributed by atoms with van der Waals surface area (Å²) in [5, 5.41) is 3.99. The molecule has 0 fully saturated rings. The number of hydrogen-bond acceptors (Lipinski definition) is 7. The van der Waals surface area contributed by atoms with Crippen LogP contribution in [0.4, 0.5) is 24.7 Å². The van der Waals surface area contributed by atoms with Gasteiger partial charge in [0.1, 0.15) is 5.82 Å². The number of nitrogen functional groups attached to an aromatic ring is 1. The van der Waals surface area contributed by atoms with Crippen molar-refractivity contribution in [2.45, 2.75) is 32.4 Å². The van der Waals surface area contributed by atoms with Gasteiger partial charge in [0, 0.05) is 45.4 Å². The van der Waals surface area contributed by atoms with Gasteiger partial charge >= 0.3 is 12.1 Å². The van der Waals surface area contributed by atoms with Crippen LogP contribution in [0.2, 0.25) is 0 Å². The monoisotopic (exact) mass is 614 g/mol. The second-order valence-electron chi connectivity index (χ2n) is 9.44. The zero-order chi connectivity index (χ0) is 31.8. The van der Waals surface area contributed by atoms with E-state index in [1.165, 1.54) is 56.1 Å². The van der Waals surface area contributed by atoms with Crippen molar-refractivity contribution in [1.29, 1.82) is 0 Å². The summed E-state index contributed by atoms with van der Waals surface area (Å²) < 4.78 is 59.5. The zero-order valence-corrected chi connectivity index (χ0v) is 24.3. The molecule has 3 aromatic rings. The van der Waals surface area contributed by atoms with Crippen LogP contribution in [0.25, 0.3) is 0 Å². The fraction of sp³-hybridized carbons (Fsp3) is 0.233. The van der Waals surface area contributed by atoms with Crippen molar-refractivity contribution in [3.05, 3.63) is 88.1 Å². The first-order valence-corrected chi connectivity index (χ1v) is 14.8. The lowest BCUT2D eigenvalue weighted by Gasteiger charge is -2.12. The summed E-state index contributed by atoms with van der Waals surface area (Å²) in [7, 11) is -1.59. The molecule has 1 unspecified atom stereocenters. The van der Waals surface area contributed by atoms with E-state index in [9.17, 15) is 31.8 Å². The van der Waals surface area contributed by atoms with E-state index >= 15 is 0 Å². The van der Waals surface area contributed by atoms with Gasteiger partial charge in [-0.1, -0.05) is 24.0 Å². The van der Waals surface area contributed by atoms with Gasteiger partial charge in [-0.25, -0.2) is 9.19 Å². The molecular weight excluding hydrogens is 585 g/mol. The molecule has 0 aliphatic heterocycles. The van der Waals surface area contributed by atoms with E-state index in [0.29, 0.717) is 24.1 Å². The maximum absolute atomic E-state index is 13.2. The molecule has 0 aliphatic carbocycles. The number of nitrogens with one attached hydrogen (secondary N) is 2. The van der Waals surface area contributed by atoms with E-state index in [-0.39, 0.29) is 40.5 Å². The topological polar surface area (TPSA) is 140 Å². The summed E-state index contributed by atoms with van der Waals surface area (Å²) >= 11 is 0. The van der Waals surface area contributed by atoms with Crippen LogP contribution in [0, 0.1) is 18.8 Å². The summed E-state index contributed by atoms with van der Waals surface area (Å²) in [6.07, 6.45) is -1.13. The molecule has 4 N–H and O–H groups in total. The highest BCUT2D eigenvalue weighted by Gasteiger charge is 2.33.